The largest absolute Gasteiger partial charge is 0.387 e. The Kier molecular flexibility index (Phi) is 2.89. The lowest BCUT2D eigenvalue weighted by Gasteiger charge is -2.03. The van der Waals surface area contributed by atoms with E-state index in [1.54, 1.807) is 11.3 Å². The minimum Gasteiger partial charge on any atom is -0.387 e. The van der Waals surface area contributed by atoms with Crippen LogP contribution in [-0.4, -0.2) is 10.4 Å². The number of alkyl halides is 1. The van der Waals surface area contributed by atoms with Crippen molar-refractivity contribution >= 4 is 27.3 Å². The van der Waals surface area contributed by atoms with Crippen LogP contribution in [0.2, 0.25) is 0 Å². The van der Waals surface area contributed by atoms with Gasteiger partial charge in [-0.15, -0.1) is 11.3 Å². The second-order valence-electron chi connectivity index (χ2n) is 2.14. The summed E-state index contributed by atoms with van der Waals surface area (Å²) in [6.45, 7) is 2.01. The van der Waals surface area contributed by atoms with Crippen LogP contribution < -0.4 is 0 Å². The summed E-state index contributed by atoms with van der Waals surface area (Å²) in [5, 5.41) is 12.0. The first kappa shape index (κ1) is 8.24. The number of aliphatic hydroxyl groups excluding tert-OH is 1. The first-order valence-electron chi connectivity index (χ1n) is 3.03. The number of rotatable bonds is 2. The molecule has 1 rings (SSSR count). The van der Waals surface area contributed by atoms with E-state index in [4.69, 9.17) is 0 Å². The van der Waals surface area contributed by atoms with Gasteiger partial charge >= 0.3 is 0 Å². The highest BCUT2D eigenvalue weighted by Crippen LogP contribution is 2.24. The second-order valence-corrected chi connectivity index (χ2v) is 3.73. The fourth-order valence-corrected chi connectivity index (χ4v) is 2.25. The molecule has 0 aliphatic carbocycles. The zero-order chi connectivity index (χ0) is 7.56. The van der Waals surface area contributed by atoms with Crippen LogP contribution in [0, 0.1) is 6.92 Å². The molecule has 0 amide bonds. The summed E-state index contributed by atoms with van der Waals surface area (Å²) in [6.07, 6.45) is -0.333. The SMILES string of the molecule is Cc1ccsc1C(O)CBr. The molecular weight excluding hydrogens is 212 g/mol. The number of thiophene rings is 1. The molecule has 1 N–H and O–H groups in total. The highest BCUT2D eigenvalue weighted by atomic mass is 79.9. The highest BCUT2D eigenvalue weighted by molar-refractivity contribution is 9.09. The van der Waals surface area contributed by atoms with Crippen molar-refractivity contribution in [3.05, 3.63) is 21.9 Å². The molecule has 1 aromatic heterocycles. The van der Waals surface area contributed by atoms with E-state index >= 15 is 0 Å². The van der Waals surface area contributed by atoms with Crippen LogP contribution in [0.15, 0.2) is 11.4 Å². The Labute approximate surface area is 72.8 Å². The van der Waals surface area contributed by atoms with Gasteiger partial charge in [0.2, 0.25) is 0 Å². The van der Waals surface area contributed by atoms with Crippen LogP contribution in [0.1, 0.15) is 16.5 Å². The summed E-state index contributed by atoms with van der Waals surface area (Å²) in [6, 6.07) is 2.02. The van der Waals surface area contributed by atoms with E-state index in [1.807, 2.05) is 18.4 Å². The fraction of sp³-hybridized carbons (Fsp3) is 0.429. The van der Waals surface area contributed by atoms with Crippen LogP contribution in [0.5, 0.6) is 0 Å². The smallest absolute Gasteiger partial charge is 0.0981 e. The molecule has 56 valence electrons. The molecule has 0 fully saturated rings. The van der Waals surface area contributed by atoms with Crippen molar-refractivity contribution < 1.29 is 5.11 Å². The second kappa shape index (κ2) is 3.51. The molecule has 0 bridgehead atoms. The third kappa shape index (κ3) is 1.59. The quantitative estimate of drug-likeness (QED) is 0.760. The van der Waals surface area contributed by atoms with Gasteiger partial charge in [-0.3, -0.25) is 0 Å². The predicted octanol–water partition coefficient (Wildman–Crippen LogP) is 2.48. The van der Waals surface area contributed by atoms with Gasteiger partial charge in [0.1, 0.15) is 0 Å². The summed E-state index contributed by atoms with van der Waals surface area (Å²) >= 11 is 4.83. The lowest BCUT2D eigenvalue weighted by molar-refractivity contribution is 0.208. The molecule has 0 aromatic carbocycles. The number of hydrogen-bond acceptors (Lipinski definition) is 2. The topological polar surface area (TPSA) is 20.2 Å². The predicted molar refractivity (Wildman–Crippen MR) is 47.8 cm³/mol. The number of aliphatic hydroxyl groups is 1. The van der Waals surface area contributed by atoms with Gasteiger partial charge in [-0.2, -0.15) is 0 Å². The first-order valence-corrected chi connectivity index (χ1v) is 5.04. The Bertz CT molecular complexity index is 209. The fourth-order valence-electron chi connectivity index (χ4n) is 0.796. The molecule has 0 radical (unpaired) electrons. The minimum atomic E-state index is -0.333. The maximum atomic E-state index is 9.36. The molecule has 0 saturated heterocycles. The molecule has 1 atom stereocenters. The van der Waals surface area contributed by atoms with Crippen LogP contribution in [-0.2, 0) is 0 Å². The molecular formula is C7H9BrOS. The molecule has 0 aliphatic rings. The summed E-state index contributed by atoms with van der Waals surface area (Å²) in [5.74, 6) is 0. The van der Waals surface area contributed by atoms with Gasteiger partial charge in [0.05, 0.1) is 6.10 Å². The van der Waals surface area contributed by atoms with Crippen molar-refractivity contribution in [3.8, 4) is 0 Å². The standard InChI is InChI=1S/C7H9BrOS/c1-5-2-3-10-7(5)6(9)4-8/h2-3,6,9H,4H2,1H3. The number of aryl methyl sites for hydroxylation is 1. The molecule has 10 heavy (non-hydrogen) atoms. The maximum Gasteiger partial charge on any atom is 0.0981 e. The van der Waals surface area contributed by atoms with Crippen LogP contribution in [0.25, 0.3) is 0 Å². The van der Waals surface area contributed by atoms with E-state index in [1.165, 1.54) is 5.56 Å². The molecule has 0 saturated carbocycles. The van der Waals surface area contributed by atoms with Crippen molar-refractivity contribution in [2.45, 2.75) is 13.0 Å². The van der Waals surface area contributed by atoms with Crippen LogP contribution >= 0.6 is 27.3 Å². The molecule has 1 heterocycles. The number of hydrogen-bond donors (Lipinski definition) is 1. The Morgan fingerprint density at radius 3 is 2.90 bits per heavy atom. The molecule has 3 heteroatoms. The zero-order valence-corrected chi connectivity index (χ0v) is 8.08. The van der Waals surface area contributed by atoms with Crippen molar-refractivity contribution in [1.82, 2.24) is 0 Å². The van der Waals surface area contributed by atoms with Gasteiger partial charge in [0.25, 0.3) is 0 Å². The summed E-state index contributed by atoms with van der Waals surface area (Å²) in [4.78, 5) is 1.07. The monoisotopic (exact) mass is 220 g/mol. The van der Waals surface area contributed by atoms with Crippen molar-refractivity contribution in [2.24, 2.45) is 0 Å². The van der Waals surface area contributed by atoms with E-state index in [-0.39, 0.29) is 6.10 Å². The van der Waals surface area contributed by atoms with Gasteiger partial charge in [0.15, 0.2) is 0 Å². The van der Waals surface area contributed by atoms with E-state index in [9.17, 15) is 5.11 Å². The van der Waals surface area contributed by atoms with E-state index in [0.29, 0.717) is 5.33 Å². The molecule has 0 spiro atoms. The van der Waals surface area contributed by atoms with Crippen molar-refractivity contribution in [2.75, 3.05) is 5.33 Å². The number of halogens is 1. The summed E-state index contributed by atoms with van der Waals surface area (Å²) in [5.41, 5.74) is 1.18. The highest BCUT2D eigenvalue weighted by Gasteiger charge is 2.08. The van der Waals surface area contributed by atoms with Crippen LogP contribution in [0.3, 0.4) is 0 Å². The Morgan fingerprint density at radius 2 is 2.50 bits per heavy atom. The van der Waals surface area contributed by atoms with Gasteiger partial charge in [-0.25, -0.2) is 0 Å². The van der Waals surface area contributed by atoms with Gasteiger partial charge < -0.3 is 5.11 Å². The van der Waals surface area contributed by atoms with Gasteiger partial charge in [-0.1, -0.05) is 15.9 Å². The Hall–Kier alpha value is 0.140. The van der Waals surface area contributed by atoms with E-state index in [2.05, 4.69) is 15.9 Å². The lowest BCUT2D eigenvalue weighted by atomic mass is 10.2. The van der Waals surface area contributed by atoms with Crippen molar-refractivity contribution in [1.29, 1.82) is 0 Å². The van der Waals surface area contributed by atoms with E-state index < -0.39 is 0 Å². The first-order chi connectivity index (χ1) is 4.75. The van der Waals surface area contributed by atoms with Crippen LogP contribution in [0.4, 0.5) is 0 Å². The Morgan fingerprint density at radius 1 is 1.80 bits per heavy atom. The lowest BCUT2D eigenvalue weighted by Crippen LogP contribution is -1.96. The average molecular weight is 221 g/mol. The van der Waals surface area contributed by atoms with Gasteiger partial charge in [-0.05, 0) is 23.9 Å². The zero-order valence-electron chi connectivity index (χ0n) is 5.67. The van der Waals surface area contributed by atoms with Gasteiger partial charge in [0, 0.05) is 10.2 Å². The summed E-state index contributed by atoms with van der Waals surface area (Å²) < 4.78 is 0. The molecule has 1 unspecified atom stereocenters. The van der Waals surface area contributed by atoms with Crippen molar-refractivity contribution in [3.63, 3.8) is 0 Å². The van der Waals surface area contributed by atoms with E-state index in [0.717, 1.165) is 4.88 Å². The minimum absolute atomic E-state index is 0.333. The molecule has 1 nitrogen and oxygen atoms in total. The molecule has 0 aliphatic heterocycles. The normalized spacial score (nSPS) is 13.5. The third-order valence-corrected chi connectivity index (χ3v) is 3.08. The average Bonchev–Trinajstić information content (AvgIpc) is 2.34. The Balaban J connectivity index is 2.82. The molecule has 1 aromatic rings. The third-order valence-electron chi connectivity index (χ3n) is 1.35. The maximum absolute atomic E-state index is 9.36. The summed E-state index contributed by atoms with van der Waals surface area (Å²) in [7, 11) is 0.